The predicted molar refractivity (Wildman–Crippen MR) is 154 cm³/mol. The summed E-state index contributed by atoms with van der Waals surface area (Å²) in [6.45, 7) is 1.54. The van der Waals surface area contributed by atoms with Crippen LogP contribution in [0.5, 0.6) is 0 Å². The van der Waals surface area contributed by atoms with Crippen molar-refractivity contribution in [2.24, 2.45) is 0 Å². The van der Waals surface area contributed by atoms with Crippen molar-refractivity contribution in [1.29, 1.82) is 0 Å². The Morgan fingerprint density at radius 2 is 0.750 bits per heavy atom. The highest BCUT2D eigenvalue weighted by Gasteiger charge is 2.10. The fraction of sp³-hybridized carbons (Fsp3) is 0.0588. The number of hydrogen-bond acceptors (Lipinski definition) is 2. The van der Waals surface area contributed by atoms with Crippen molar-refractivity contribution >= 4 is 32.9 Å². The number of benzene rings is 6. The lowest BCUT2D eigenvalue weighted by atomic mass is 10.0. The fourth-order valence-corrected chi connectivity index (χ4v) is 4.84. The van der Waals surface area contributed by atoms with E-state index in [2.05, 4.69) is 144 Å². The van der Waals surface area contributed by atoms with Gasteiger partial charge >= 0.3 is 0 Å². The molecule has 2 nitrogen and oxygen atoms in total. The van der Waals surface area contributed by atoms with Crippen molar-refractivity contribution in [3.63, 3.8) is 0 Å². The van der Waals surface area contributed by atoms with Gasteiger partial charge in [-0.2, -0.15) is 0 Å². The van der Waals surface area contributed by atoms with Crippen LogP contribution in [0.2, 0.25) is 0 Å². The molecule has 0 atom stereocenters. The van der Waals surface area contributed by atoms with Gasteiger partial charge in [-0.1, -0.05) is 109 Å². The molecule has 0 bridgehead atoms. The minimum Gasteiger partial charge on any atom is -0.380 e. The molecule has 0 fully saturated rings. The van der Waals surface area contributed by atoms with Crippen LogP contribution in [0.4, 0.5) is 11.4 Å². The molecule has 2 heteroatoms. The summed E-state index contributed by atoms with van der Waals surface area (Å²) in [6.07, 6.45) is 0. The minimum atomic E-state index is 0.772. The van der Waals surface area contributed by atoms with Gasteiger partial charge in [0.05, 0.1) is 0 Å². The van der Waals surface area contributed by atoms with Gasteiger partial charge in [0.15, 0.2) is 0 Å². The third-order valence-corrected chi connectivity index (χ3v) is 6.74. The molecule has 0 saturated carbocycles. The lowest BCUT2D eigenvalue weighted by Gasteiger charge is -2.17. The number of hydrogen-bond donors (Lipinski definition) is 2. The van der Waals surface area contributed by atoms with E-state index in [9.17, 15) is 0 Å². The first-order chi connectivity index (χ1) is 17.8. The van der Waals surface area contributed by atoms with Crippen LogP contribution in [0, 0.1) is 0 Å². The van der Waals surface area contributed by atoms with Crippen LogP contribution in [-0.4, -0.2) is 0 Å². The van der Waals surface area contributed by atoms with Crippen molar-refractivity contribution in [3.05, 3.63) is 145 Å². The summed E-state index contributed by atoms with van der Waals surface area (Å²) in [5.41, 5.74) is 7.19. The molecule has 174 valence electrons. The molecule has 0 radical (unpaired) electrons. The highest BCUT2D eigenvalue weighted by atomic mass is 14.9. The van der Waals surface area contributed by atoms with E-state index in [-0.39, 0.29) is 0 Å². The van der Waals surface area contributed by atoms with Crippen molar-refractivity contribution in [1.82, 2.24) is 0 Å². The standard InChI is InChI=1S/C34H28N2/c1-3-11-29-21-25(17-19-27(29)9-1)23-35-33-15-7-5-13-31(33)32-14-6-8-16-34(32)36-24-26-18-20-28-10-2-4-12-30(28)22-26/h1-22,35-36H,23-24H2. The molecule has 0 aliphatic rings. The van der Waals surface area contributed by atoms with Crippen LogP contribution in [0.25, 0.3) is 32.7 Å². The maximum absolute atomic E-state index is 3.69. The van der Waals surface area contributed by atoms with Gasteiger partial charge in [-0.3, -0.25) is 0 Å². The topological polar surface area (TPSA) is 24.1 Å². The van der Waals surface area contributed by atoms with Crippen LogP contribution < -0.4 is 10.6 Å². The second-order valence-electron chi connectivity index (χ2n) is 9.16. The molecular formula is C34H28N2. The van der Waals surface area contributed by atoms with Crippen molar-refractivity contribution < 1.29 is 0 Å². The molecule has 36 heavy (non-hydrogen) atoms. The maximum Gasteiger partial charge on any atom is 0.0423 e. The van der Waals surface area contributed by atoms with E-state index in [0.717, 1.165) is 24.5 Å². The van der Waals surface area contributed by atoms with Crippen LogP contribution in [0.15, 0.2) is 133 Å². The quantitative estimate of drug-likeness (QED) is 0.246. The van der Waals surface area contributed by atoms with E-state index >= 15 is 0 Å². The Morgan fingerprint density at radius 1 is 0.361 bits per heavy atom. The molecule has 6 aromatic carbocycles. The third-order valence-electron chi connectivity index (χ3n) is 6.74. The molecule has 6 aromatic rings. The second kappa shape index (κ2) is 9.97. The van der Waals surface area contributed by atoms with Gasteiger partial charge < -0.3 is 10.6 Å². The molecule has 0 aromatic heterocycles. The Kier molecular flexibility index (Phi) is 6.08. The number of fused-ring (bicyclic) bond motifs is 2. The van der Waals surface area contributed by atoms with Gasteiger partial charge in [0.2, 0.25) is 0 Å². The monoisotopic (exact) mass is 464 g/mol. The van der Waals surface area contributed by atoms with Crippen LogP contribution in [0.1, 0.15) is 11.1 Å². The highest BCUT2D eigenvalue weighted by molar-refractivity contribution is 5.87. The molecule has 0 aliphatic heterocycles. The summed E-state index contributed by atoms with van der Waals surface area (Å²) in [7, 11) is 0. The smallest absolute Gasteiger partial charge is 0.0423 e. The van der Waals surface area contributed by atoms with Gasteiger partial charge in [0.1, 0.15) is 0 Å². The van der Waals surface area contributed by atoms with Gasteiger partial charge in [-0.15, -0.1) is 0 Å². The molecule has 0 saturated heterocycles. The summed E-state index contributed by atoms with van der Waals surface area (Å²) in [5.74, 6) is 0. The van der Waals surface area contributed by atoms with Crippen molar-refractivity contribution in [2.75, 3.05) is 10.6 Å². The number of rotatable bonds is 7. The van der Waals surface area contributed by atoms with Gasteiger partial charge in [0, 0.05) is 35.6 Å². The lowest BCUT2D eigenvalue weighted by molar-refractivity contribution is 1.15. The first-order valence-electron chi connectivity index (χ1n) is 12.4. The second-order valence-corrected chi connectivity index (χ2v) is 9.16. The molecule has 0 unspecified atom stereocenters. The number of nitrogens with one attached hydrogen (secondary N) is 2. The maximum atomic E-state index is 3.69. The molecule has 6 rings (SSSR count). The molecule has 0 aliphatic carbocycles. The van der Waals surface area contributed by atoms with E-state index in [0.29, 0.717) is 0 Å². The first kappa shape index (κ1) is 21.9. The summed E-state index contributed by atoms with van der Waals surface area (Å²) in [4.78, 5) is 0. The largest absolute Gasteiger partial charge is 0.380 e. The summed E-state index contributed by atoms with van der Waals surface area (Å²) >= 11 is 0. The summed E-state index contributed by atoms with van der Waals surface area (Å²) in [6, 6.07) is 47.5. The summed E-state index contributed by atoms with van der Waals surface area (Å²) in [5, 5.41) is 12.5. The molecule has 2 N–H and O–H groups in total. The fourth-order valence-electron chi connectivity index (χ4n) is 4.84. The Balaban J connectivity index is 1.23. The average molecular weight is 465 g/mol. The lowest BCUT2D eigenvalue weighted by Crippen LogP contribution is -2.03. The minimum absolute atomic E-state index is 0.772. The van der Waals surface area contributed by atoms with Crippen LogP contribution in [0.3, 0.4) is 0 Å². The normalized spacial score (nSPS) is 11.0. The molecule has 0 heterocycles. The zero-order valence-corrected chi connectivity index (χ0v) is 20.1. The van der Waals surface area contributed by atoms with Gasteiger partial charge in [-0.05, 0) is 56.9 Å². The van der Waals surface area contributed by atoms with Gasteiger partial charge in [-0.25, -0.2) is 0 Å². The Morgan fingerprint density at radius 3 is 1.22 bits per heavy atom. The van der Waals surface area contributed by atoms with E-state index in [1.54, 1.807) is 0 Å². The Hall–Kier alpha value is -4.56. The zero-order chi connectivity index (χ0) is 24.2. The van der Waals surface area contributed by atoms with E-state index < -0.39 is 0 Å². The Labute approximate surface area is 212 Å². The van der Waals surface area contributed by atoms with Gasteiger partial charge in [0.25, 0.3) is 0 Å². The van der Waals surface area contributed by atoms with Crippen LogP contribution >= 0.6 is 0 Å². The van der Waals surface area contributed by atoms with Crippen molar-refractivity contribution in [2.45, 2.75) is 13.1 Å². The highest BCUT2D eigenvalue weighted by Crippen LogP contribution is 2.34. The number of anilines is 2. The average Bonchev–Trinajstić information content (AvgIpc) is 2.95. The zero-order valence-electron chi connectivity index (χ0n) is 20.1. The molecular weight excluding hydrogens is 436 g/mol. The van der Waals surface area contributed by atoms with Crippen molar-refractivity contribution in [3.8, 4) is 11.1 Å². The molecule has 0 amide bonds. The summed E-state index contributed by atoms with van der Waals surface area (Å²) < 4.78 is 0. The van der Waals surface area contributed by atoms with E-state index in [1.165, 1.54) is 43.8 Å². The first-order valence-corrected chi connectivity index (χ1v) is 12.4. The van der Waals surface area contributed by atoms with E-state index in [4.69, 9.17) is 0 Å². The SMILES string of the molecule is c1ccc(-c2ccccc2NCc2ccc3ccccc3c2)c(NCc2ccc3ccccc3c2)c1. The molecule has 0 spiro atoms. The third kappa shape index (κ3) is 4.67. The Bertz CT molecular complexity index is 1530. The number of para-hydroxylation sites is 2. The van der Waals surface area contributed by atoms with E-state index in [1.807, 2.05) is 0 Å². The predicted octanol–water partition coefficient (Wildman–Crippen LogP) is 8.88. The van der Waals surface area contributed by atoms with Crippen LogP contribution in [-0.2, 0) is 13.1 Å².